The molecular weight excluding hydrogens is 282 g/mol. The molecule has 0 spiro atoms. The van der Waals surface area contributed by atoms with E-state index >= 15 is 0 Å². The molecule has 0 saturated heterocycles. The van der Waals surface area contributed by atoms with Gasteiger partial charge in [-0.1, -0.05) is 6.07 Å². The zero-order valence-electron chi connectivity index (χ0n) is 13.0. The highest BCUT2D eigenvalue weighted by molar-refractivity contribution is 5.44. The summed E-state index contributed by atoms with van der Waals surface area (Å²) in [5.41, 5.74) is 1.89. The molecule has 1 aromatic carbocycles. The van der Waals surface area contributed by atoms with Gasteiger partial charge >= 0.3 is 0 Å². The second-order valence-corrected chi connectivity index (χ2v) is 4.96. The number of methoxy groups -OCH3 is 1. The third-order valence-corrected chi connectivity index (χ3v) is 3.32. The largest absolute Gasteiger partial charge is 0.497 e. The van der Waals surface area contributed by atoms with Crippen molar-refractivity contribution in [3.63, 3.8) is 0 Å². The molecule has 0 amide bonds. The first-order chi connectivity index (χ1) is 10.6. The maximum Gasteiger partial charge on any atom is 0.132 e. The Morgan fingerprint density at radius 3 is 2.77 bits per heavy atom. The van der Waals surface area contributed by atoms with Crippen LogP contribution in [0.15, 0.2) is 30.6 Å². The summed E-state index contributed by atoms with van der Waals surface area (Å²) in [6.45, 7) is 4.39. The quantitative estimate of drug-likeness (QED) is 0.814. The number of rotatable bonds is 7. The predicted molar refractivity (Wildman–Crippen MR) is 84.5 cm³/mol. The Morgan fingerprint density at radius 1 is 1.23 bits per heavy atom. The van der Waals surface area contributed by atoms with Gasteiger partial charge in [0.1, 0.15) is 36.4 Å². The van der Waals surface area contributed by atoms with Gasteiger partial charge in [0.15, 0.2) is 0 Å². The molecule has 0 bridgehead atoms. The van der Waals surface area contributed by atoms with Crippen molar-refractivity contribution in [3.8, 4) is 11.5 Å². The SMILES string of the molecule is COc1cccc(OC[C@H](O)CNc2ncnc(C)c2C)c1. The van der Waals surface area contributed by atoms with E-state index in [1.807, 2.05) is 32.0 Å². The Bertz CT molecular complexity index is 619. The number of hydrogen-bond donors (Lipinski definition) is 2. The molecule has 0 saturated carbocycles. The molecule has 0 fully saturated rings. The highest BCUT2D eigenvalue weighted by Crippen LogP contribution is 2.19. The number of aliphatic hydroxyl groups is 1. The van der Waals surface area contributed by atoms with Crippen molar-refractivity contribution in [3.05, 3.63) is 41.9 Å². The number of hydrogen-bond acceptors (Lipinski definition) is 6. The molecule has 2 aromatic rings. The number of aromatic nitrogens is 2. The second-order valence-electron chi connectivity index (χ2n) is 4.96. The van der Waals surface area contributed by atoms with Crippen molar-refractivity contribution < 1.29 is 14.6 Å². The molecule has 2 rings (SSSR count). The minimum atomic E-state index is -0.652. The fourth-order valence-corrected chi connectivity index (χ4v) is 1.87. The van der Waals surface area contributed by atoms with E-state index in [1.165, 1.54) is 6.33 Å². The molecule has 1 heterocycles. The van der Waals surface area contributed by atoms with E-state index in [9.17, 15) is 5.11 Å². The van der Waals surface area contributed by atoms with E-state index in [0.717, 1.165) is 22.8 Å². The summed E-state index contributed by atoms with van der Waals surface area (Å²) in [4.78, 5) is 8.27. The van der Waals surface area contributed by atoms with E-state index in [-0.39, 0.29) is 6.61 Å². The van der Waals surface area contributed by atoms with Crippen LogP contribution in [-0.2, 0) is 0 Å². The molecule has 1 atom stereocenters. The first-order valence-electron chi connectivity index (χ1n) is 7.07. The Kier molecular flexibility index (Phi) is 5.55. The minimum absolute atomic E-state index is 0.184. The van der Waals surface area contributed by atoms with Crippen LogP contribution in [0.1, 0.15) is 11.3 Å². The van der Waals surface area contributed by atoms with Gasteiger partial charge in [-0.2, -0.15) is 0 Å². The normalized spacial score (nSPS) is 11.8. The first kappa shape index (κ1) is 16.0. The lowest BCUT2D eigenvalue weighted by molar-refractivity contribution is 0.117. The standard InChI is InChI=1S/C16H21N3O3/c1-11-12(2)18-10-19-16(11)17-8-13(20)9-22-15-6-4-5-14(7-15)21-3/h4-7,10,13,20H,8-9H2,1-3H3,(H,17,18,19)/t13-/m1/s1. The number of aliphatic hydroxyl groups excluding tert-OH is 1. The number of nitrogens with one attached hydrogen (secondary N) is 1. The molecule has 0 aliphatic rings. The molecule has 1 aromatic heterocycles. The summed E-state index contributed by atoms with van der Waals surface area (Å²) in [7, 11) is 1.60. The molecule has 0 unspecified atom stereocenters. The monoisotopic (exact) mass is 303 g/mol. The number of ether oxygens (including phenoxy) is 2. The molecule has 0 radical (unpaired) electrons. The Balaban J connectivity index is 1.82. The lowest BCUT2D eigenvalue weighted by Crippen LogP contribution is -2.27. The lowest BCUT2D eigenvalue weighted by atomic mass is 10.2. The molecule has 6 nitrogen and oxygen atoms in total. The van der Waals surface area contributed by atoms with Crippen LogP contribution < -0.4 is 14.8 Å². The maximum absolute atomic E-state index is 10.00. The molecule has 6 heteroatoms. The molecule has 0 aliphatic carbocycles. The van der Waals surface area contributed by atoms with Gasteiger partial charge in [-0.3, -0.25) is 0 Å². The summed E-state index contributed by atoms with van der Waals surface area (Å²) in [6.07, 6.45) is 0.852. The molecule has 0 aliphatic heterocycles. The van der Waals surface area contributed by atoms with Crippen molar-refractivity contribution in [2.45, 2.75) is 20.0 Å². The van der Waals surface area contributed by atoms with E-state index < -0.39 is 6.10 Å². The van der Waals surface area contributed by atoms with Crippen LogP contribution in [0.2, 0.25) is 0 Å². The van der Waals surface area contributed by atoms with Crippen LogP contribution in [0.5, 0.6) is 11.5 Å². The van der Waals surface area contributed by atoms with Gasteiger partial charge in [0, 0.05) is 23.9 Å². The van der Waals surface area contributed by atoms with Crippen molar-refractivity contribution >= 4 is 5.82 Å². The van der Waals surface area contributed by atoms with E-state index in [2.05, 4.69) is 15.3 Å². The van der Waals surface area contributed by atoms with Gasteiger partial charge in [-0.05, 0) is 26.0 Å². The molecule has 2 N–H and O–H groups in total. The topological polar surface area (TPSA) is 76.5 Å². The summed E-state index contributed by atoms with van der Waals surface area (Å²) in [5, 5.41) is 13.1. The van der Waals surface area contributed by atoms with E-state index in [4.69, 9.17) is 9.47 Å². The summed E-state index contributed by atoms with van der Waals surface area (Å²) in [5.74, 6) is 2.11. The summed E-state index contributed by atoms with van der Waals surface area (Å²) < 4.78 is 10.7. The number of nitrogens with zero attached hydrogens (tertiary/aromatic N) is 2. The number of benzene rings is 1. The summed E-state index contributed by atoms with van der Waals surface area (Å²) >= 11 is 0. The van der Waals surface area contributed by atoms with Gasteiger partial charge in [0.2, 0.25) is 0 Å². The Hall–Kier alpha value is -2.34. The van der Waals surface area contributed by atoms with E-state index in [0.29, 0.717) is 12.3 Å². The lowest BCUT2D eigenvalue weighted by Gasteiger charge is -2.15. The van der Waals surface area contributed by atoms with Crippen LogP contribution in [0, 0.1) is 13.8 Å². The van der Waals surface area contributed by atoms with Crippen molar-refractivity contribution in [2.75, 3.05) is 25.6 Å². The maximum atomic E-state index is 10.00. The van der Waals surface area contributed by atoms with Gasteiger partial charge in [0.05, 0.1) is 7.11 Å². The van der Waals surface area contributed by atoms with Gasteiger partial charge in [0.25, 0.3) is 0 Å². The zero-order chi connectivity index (χ0) is 15.9. The number of anilines is 1. The Morgan fingerprint density at radius 2 is 2.00 bits per heavy atom. The fourth-order valence-electron chi connectivity index (χ4n) is 1.87. The molecule has 118 valence electrons. The van der Waals surface area contributed by atoms with Crippen LogP contribution in [0.25, 0.3) is 0 Å². The first-order valence-corrected chi connectivity index (χ1v) is 7.07. The Labute approximate surface area is 130 Å². The van der Waals surface area contributed by atoms with E-state index in [1.54, 1.807) is 13.2 Å². The highest BCUT2D eigenvalue weighted by Gasteiger charge is 2.08. The molecule has 22 heavy (non-hydrogen) atoms. The van der Waals surface area contributed by atoms with Crippen LogP contribution in [0.3, 0.4) is 0 Å². The van der Waals surface area contributed by atoms with Gasteiger partial charge in [-0.15, -0.1) is 0 Å². The molecular formula is C16H21N3O3. The van der Waals surface area contributed by atoms with Crippen molar-refractivity contribution in [1.82, 2.24) is 9.97 Å². The number of aryl methyl sites for hydroxylation is 1. The summed E-state index contributed by atoms with van der Waals surface area (Å²) in [6, 6.07) is 7.27. The van der Waals surface area contributed by atoms with Crippen LogP contribution in [-0.4, -0.2) is 41.4 Å². The van der Waals surface area contributed by atoms with Crippen LogP contribution in [0.4, 0.5) is 5.82 Å². The smallest absolute Gasteiger partial charge is 0.132 e. The van der Waals surface area contributed by atoms with Gasteiger partial charge < -0.3 is 19.9 Å². The van der Waals surface area contributed by atoms with Crippen molar-refractivity contribution in [2.24, 2.45) is 0 Å². The average molecular weight is 303 g/mol. The zero-order valence-corrected chi connectivity index (χ0v) is 13.0. The average Bonchev–Trinajstić information content (AvgIpc) is 2.54. The predicted octanol–water partition coefficient (Wildman–Crippen LogP) is 1.95. The van der Waals surface area contributed by atoms with Crippen molar-refractivity contribution in [1.29, 1.82) is 0 Å². The van der Waals surface area contributed by atoms with Crippen LogP contribution >= 0.6 is 0 Å². The third-order valence-electron chi connectivity index (χ3n) is 3.32. The van der Waals surface area contributed by atoms with Gasteiger partial charge in [-0.25, -0.2) is 9.97 Å². The minimum Gasteiger partial charge on any atom is -0.497 e. The third kappa shape index (κ3) is 4.33. The second kappa shape index (κ2) is 7.61. The highest BCUT2D eigenvalue weighted by atomic mass is 16.5. The fraction of sp³-hybridized carbons (Fsp3) is 0.375.